The molecular weight excluding hydrogens is 292 g/mol. The van der Waals surface area contributed by atoms with Gasteiger partial charge in [0.1, 0.15) is 17.9 Å². The zero-order chi connectivity index (χ0) is 16.3. The van der Waals surface area contributed by atoms with Gasteiger partial charge in [-0.1, -0.05) is 26.0 Å². The van der Waals surface area contributed by atoms with E-state index < -0.39 is 5.54 Å². The van der Waals surface area contributed by atoms with Gasteiger partial charge in [-0.15, -0.1) is 0 Å². The number of aromatic nitrogens is 3. The van der Waals surface area contributed by atoms with Gasteiger partial charge < -0.3 is 10.1 Å². The molecule has 1 aliphatic rings. The molecule has 1 aromatic heterocycles. The first-order valence-electron chi connectivity index (χ1n) is 7.99. The summed E-state index contributed by atoms with van der Waals surface area (Å²) in [6, 6.07) is 7.86. The number of aromatic amines is 1. The quantitative estimate of drug-likeness (QED) is 0.858. The molecule has 0 radical (unpaired) electrons. The highest BCUT2D eigenvalue weighted by Crippen LogP contribution is 2.39. The third kappa shape index (κ3) is 3.36. The number of carbonyl (C=O) groups excluding carboxylic acids is 1. The Kier molecular flexibility index (Phi) is 4.32. The molecule has 6 nitrogen and oxygen atoms in total. The molecule has 1 saturated carbocycles. The fourth-order valence-electron chi connectivity index (χ4n) is 2.80. The summed E-state index contributed by atoms with van der Waals surface area (Å²) in [6.07, 6.45) is 4.28. The molecule has 1 aromatic carbocycles. The summed E-state index contributed by atoms with van der Waals surface area (Å²) in [6.45, 7) is 4.25. The zero-order valence-electron chi connectivity index (χ0n) is 13.5. The van der Waals surface area contributed by atoms with E-state index in [9.17, 15) is 4.79 Å². The maximum absolute atomic E-state index is 12.2. The first-order chi connectivity index (χ1) is 11.1. The Labute approximate surface area is 135 Å². The summed E-state index contributed by atoms with van der Waals surface area (Å²) < 4.78 is 5.63. The lowest BCUT2D eigenvalue weighted by Crippen LogP contribution is -2.52. The number of nitrogens with zero attached hydrogens (tertiary/aromatic N) is 2. The first kappa shape index (κ1) is 15.5. The van der Waals surface area contributed by atoms with E-state index in [2.05, 4.69) is 40.4 Å². The Morgan fingerprint density at radius 1 is 1.43 bits per heavy atom. The molecule has 0 spiro atoms. The average molecular weight is 314 g/mol. The van der Waals surface area contributed by atoms with Crippen molar-refractivity contribution in [3.63, 3.8) is 0 Å². The number of H-pyrrole nitrogens is 1. The highest BCUT2D eigenvalue weighted by Gasteiger charge is 2.42. The van der Waals surface area contributed by atoms with Gasteiger partial charge in [0.2, 0.25) is 0 Å². The summed E-state index contributed by atoms with van der Waals surface area (Å²) in [5.41, 5.74) is 0.788. The summed E-state index contributed by atoms with van der Waals surface area (Å²) in [5, 5.41) is 9.78. The molecule has 2 aromatic rings. The Morgan fingerprint density at radius 3 is 2.87 bits per heavy atom. The van der Waals surface area contributed by atoms with Gasteiger partial charge in [-0.3, -0.25) is 9.89 Å². The van der Waals surface area contributed by atoms with Gasteiger partial charge >= 0.3 is 0 Å². The van der Waals surface area contributed by atoms with Gasteiger partial charge in [-0.2, -0.15) is 5.10 Å². The van der Waals surface area contributed by atoms with Crippen molar-refractivity contribution in [1.82, 2.24) is 20.5 Å². The van der Waals surface area contributed by atoms with Crippen molar-refractivity contribution in [2.45, 2.75) is 44.6 Å². The summed E-state index contributed by atoms with van der Waals surface area (Å²) in [4.78, 5) is 16.4. The molecule has 2 N–H and O–H groups in total. The highest BCUT2D eigenvalue weighted by atomic mass is 16.5. The number of rotatable bonds is 6. The van der Waals surface area contributed by atoms with E-state index in [0.717, 1.165) is 25.1 Å². The van der Waals surface area contributed by atoms with Crippen LogP contribution in [0.5, 0.6) is 5.75 Å². The minimum absolute atomic E-state index is 0.00254. The van der Waals surface area contributed by atoms with Crippen LogP contribution in [0.15, 0.2) is 30.6 Å². The van der Waals surface area contributed by atoms with Gasteiger partial charge in [-0.05, 0) is 42.9 Å². The van der Waals surface area contributed by atoms with E-state index in [1.54, 1.807) is 0 Å². The van der Waals surface area contributed by atoms with Crippen molar-refractivity contribution >= 4 is 5.91 Å². The fraction of sp³-hybridized carbons (Fsp3) is 0.471. The minimum Gasteiger partial charge on any atom is -0.484 e. The third-order valence-electron chi connectivity index (χ3n) is 4.35. The Hall–Kier alpha value is -2.37. The number of amides is 1. The van der Waals surface area contributed by atoms with Gasteiger partial charge in [-0.25, -0.2) is 4.98 Å². The minimum atomic E-state index is -0.406. The molecule has 0 atom stereocenters. The Balaban J connectivity index is 1.59. The van der Waals surface area contributed by atoms with Crippen LogP contribution in [0, 0.1) is 0 Å². The predicted molar refractivity (Wildman–Crippen MR) is 86.1 cm³/mol. The molecule has 1 fully saturated rings. The smallest absolute Gasteiger partial charge is 0.258 e. The topological polar surface area (TPSA) is 79.9 Å². The maximum atomic E-state index is 12.2. The van der Waals surface area contributed by atoms with Crippen LogP contribution in [0.4, 0.5) is 0 Å². The van der Waals surface area contributed by atoms with E-state index in [1.807, 2.05) is 18.2 Å². The van der Waals surface area contributed by atoms with Crippen molar-refractivity contribution in [2.75, 3.05) is 6.61 Å². The molecule has 122 valence electrons. The Bertz CT molecular complexity index is 663. The van der Waals surface area contributed by atoms with E-state index >= 15 is 0 Å². The molecule has 3 rings (SSSR count). The third-order valence-corrected chi connectivity index (χ3v) is 4.35. The molecule has 6 heteroatoms. The lowest BCUT2D eigenvalue weighted by molar-refractivity contribution is -0.126. The lowest BCUT2D eigenvalue weighted by atomic mass is 9.76. The van der Waals surface area contributed by atoms with Crippen LogP contribution in [0.25, 0.3) is 0 Å². The number of hydrogen-bond acceptors (Lipinski definition) is 4. The van der Waals surface area contributed by atoms with Gasteiger partial charge in [0, 0.05) is 0 Å². The lowest BCUT2D eigenvalue weighted by Gasteiger charge is -2.40. The molecule has 0 bridgehead atoms. The van der Waals surface area contributed by atoms with Crippen molar-refractivity contribution in [1.29, 1.82) is 0 Å². The second-order valence-electron chi connectivity index (χ2n) is 6.33. The van der Waals surface area contributed by atoms with Crippen LogP contribution in [-0.4, -0.2) is 27.7 Å². The molecule has 1 heterocycles. The number of nitrogens with one attached hydrogen (secondary N) is 2. The van der Waals surface area contributed by atoms with Crippen molar-refractivity contribution < 1.29 is 9.53 Å². The van der Waals surface area contributed by atoms with Crippen LogP contribution in [0.3, 0.4) is 0 Å². The fourth-order valence-corrected chi connectivity index (χ4v) is 2.80. The highest BCUT2D eigenvalue weighted by molar-refractivity contribution is 5.78. The number of benzene rings is 1. The molecule has 23 heavy (non-hydrogen) atoms. The second kappa shape index (κ2) is 6.40. The normalized spacial score (nSPS) is 16.0. The van der Waals surface area contributed by atoms with E-state index in [4.69, 9.17) is 4.74 Å². The predicted octanol–water partition coefficient (Wildman–Crippen LogP) is 2.50. The van der Waals surface area contributed by atoms with E-state index in [1.165, 1.54) is 11.9 Å². The van der Waals surface area contributed by atoms with Crippen molar-refractivity contribution in [2.24, 2.45) is 0 Å². The number of carbonyl (C=O) groups is 1. The molecule has 1 amide bonds. The van der Waals surface area contributed by atoms with Gasteiger partial charge in [0.25, 0.3) is 5.91 Å². The monoisotopic (exact) mass is 314 g/mol. The average Bonchev–Trinajstić information content (AvgIpc) is 3.03. The van der Waals surface area contributed by atoms with E-state index in [0.29, 0.717) is 11.7 Å². The maximum Gasteiger partial charge on any atom is 0.258 e. The van der Waals surface area contributed by atoms with Crippen LogP contribution in [0.2, 0.25) is 0 Å². The van der Waals surface area contributed by atoms with Crippen LogP contribution in [-0.2, 0) is 10.3 Å². The van der Waals surface area contributed by atoms with Crippen molar-refractivity contribution in [3.05, 3.63) is 42.0 Å². The molecule has 1 aliphatic carbocycles. The molecule has 0 unspecified atom stereocenters. The van der Waals surface area contributed by atoms with Crippen molar-refractivity contribution in [3.8, 4) is 5.75 Å². The molecule has 0 saturated heterocycles. The SMILES string of the molecule is CC(C)c1cccc(OCC(=O)NC2(c3ncn[nH]3)CCC2)c1. The summed E-state index contributed by atoms with van der Waals surface area (Å²) in [7, 11) is 0. The van der Waals surface area contributed by atoms with Gasteiger partial charge in [0.05, 0.1) is 5.54 Å². The summed E-state index contributed by atoms with van der Waals surface area (Å²) >= 11 is 0. The largest absolute Gasteiger partial charge is 0.484 e. The summed E-state index contributed by atoms with van der Waals surface area (Å²) in [5.74, 6) is 1.72. The molecule has 0 aliphatic heterocycles. The van der Waals surface area contributed by atoms with Crippen LogP contribution < -0.4 is 10.1 Å². The van der Waals surface area contributed by atoms with Crippen LogP contribution in [0.1, 0.15) is 50.4 Å². The molecular formula is C17H22N4O2. The van der Waals surface area contributed by atoms with E-state index in [-0.39, 0.29) is 12.5 Å². The first-order valence-corrected chi connectivity index (χ1v) is 7.99. The zero-order valence-corrected chi connectivity index (χ0v) is 13.5. The van der Waals surface area contributed by atoms with Crippen LogP contribution >= 0.6 is 0 Å². The second-order valence-corrected chi connectivity index (χ2v) is 6.33. The standard InChI is InChI=1S/C17H22N4O2/c1-12(2)13-5-3-6-14(9-13)23-10-15(22)20-17(7-4-8-17)16-18-11-19-21-16/h3,5-6,9,11-12H,4,7-8,10H2,1-2H3,(H,20,22)(H,18,19,21). The van der Waals surface area contributed by atoms with Gasteiger partial charge in [0.15, 0.2) is 6.61 Å². The number of hydrogen-bond donors (Lipinski definition) is 2. The Morgan fingerprint density at radius 2 is 2.26 bits per heavy atom. The number of ether oxygens (including phenoxy) is 1.